The molecule has 0 saturated heterocycles. The second-order valence-electron chi connectivity index (χ2n) is 13.0. The Morgan fingerprint density at radius 3 is 1.84 bits per heavy atom. The molecule has 0 saturated carbocycles. The molecule has 2 aliphatic carbocycles. The molecule has 0 unspecified atom stereocenters. The molecule has 6 rings (SSSR count). The first kappa shape index (κ1) is 37.6. The molecule has 0 spiro atoms. The van der Waals surface area contributed by atoms with Crippen LogP contribution in [-0.2, 0) is 41.5 Å². The van der Waals surface area contributed by atoms with Gasteiger partial charge in [0.15, 0.2) is 0 Å². The standard InChI is InChI=1S/C23H29.C7H7.C6H4Cl.C5H5.CH2.Zr/c1-14-9-16-11-17-10-15(2)21(23(6,7)8)13-19(17)18(16)12-20(14)22(3,4)5;1-7-5-3-2-4-6-7;7-6-4-2-1-3-5-6;1-2-4-5-3-1;;/h9,12-13H,11H2,1-8H3;3-6H,1H3;1-2,4-5H;1-3H,4H2;1H2;/q4*-1;;. The first-order valence-corrected chi connectivity index (χ1v) is 17.2. The van der Waals surface area contributed by atoms with E-state index in [0.717, 1.165) is 17.9 Å². The van der Waals surface area contributed by atoms with Crippen molar-refractivity contribution in [3.8, 4) is 11.1 Å². The van der Waals surface area contributed by atoms with Crippen LogP contribution < -0.4 is 0 Å². The molecule has 0 aromatic heterocycles. The van der Waals surface area contributed by atoms with E-state index in [1.54, 1.807) is 6.07 Å². The summed E-state index contributed by atoms with van der Waals surface area (Å²) in [5.41, 5.74) is 12.9. The first-order chi connectivity index (χ1) is 20.8. The van der Waals surface area contributed by atoms with Crippen molar-refractivity contribution in [3.05, 3.63) is 153 Å². The van der Waals surface area contributed by atoms with Gasteiger partial charge in [0.1, 0.15) is 0 Å². The summed E-state index contributed by atoms with van der Waals surface area (Å²) >= 11 is 6.81. The van der Waals surface area contributed by atoms with E-state index in [1.807, 2.05) is 54.6 Å². The Hall–Kier alpha value is -2.60. The molecule has 0 amide bonds. The second kappa shape index (κ2) is 17.8. The molecule has 2 aliphatic rings. The molecular weight excluding hydrogens is 631 g/mol. The molecule has 230 valence electrons. The maximum atomic E-state index is 5.51. The Kier molecular flexibility index (Phi) is 15.2. The van der Waals surface area contributed by atoms with Crippen LogP contribution in [0.4, 0.5) is 0 Å². The average molecular weight is 679 g/mol. The monoisotopic (exact) mass is 676 g/mol. The van der Waals surface area contributed by atoms with Crippen LogP contribution in [0.15, 0.2) is 85.0 Å². The SMILES string of the molecule is Cc1[c-]c2c(cc1C(C)(C)C)-c1cc(C(C)(C)C)c(C)cc1C2.Cc1cc[c-]cc1.Clc1c[c-]ccc1.[C-]1=CC=CC1.[CH2]=[Zr]. The molecule has 0 radical (unpaired) electrons. The Labute approximate surface area is 288 Å². The number of fused-ring (bicyclic) bond motifs is 3. The third-order valence-electron chi connectivity index (χ3n) is 7.22. The fourth-order valence-corrected chi connectivity index (χ4v) is 5.34. The van der Waals surface area contributed by atoms with Crippen molar-refractivity contribution in [1.29, 1.82) is 0 Å². The number of aryl methyl sites for hydroxylation is 3. The van der Waals surface area contributed by atoms with Crippen molar-refractivity contribution >= 4 is 15.8 Å². The molecule has 0 N–H and O–H groups in total. The zero-order chi connectivity index (χ0) is 32.9. The number of hydrogen-bond acceptors (Lipinski definition) is 0. The topological polar surface area (TPSA) is 0 Å². The van der Waals surface area contributed by atoms with Gasteiger partial charge in [-0.15, -0.1) is 23.1 Å². The number of rotatable bonds is 0. The molecule has 2 heteroatoms. The van der Waals surface area contributed by atoms with Gasteiger partial charge in [-0.05, 0) is 35.4 Å². The van der Waals surface area contributed by atoms with Gasteiger partial charge >= 0.3 is 28.4 Å². The van der Waals surface area contributed by atoms with E-state index in [-0.39, 0.29) is 10.8 Å². The van der Waals surface area contributed by atoms with Gasteiger partial charge < -0.3 is 0 Å². The summed E-state index contributed by atoms with van der Waals surface area (Å²) in [6, 6.07) is 31.8. The van der Waals surface area contributed by atoms with Crippen LogP contribution in [0.5, 0.6) is 0 Å². The number of halogens is 1. The third kappa shape index (κ3) is 11.7. The maximum absolute atomic E-state index is 5.51. The van der Waals surface area contributed by atoms with Crippen molar-refractivity contribution in [1.82, 2.24) is 0 Å². The van der Waals surface area contributed by atoms with Gasteiger partial charge in [-0.3, -0.25) is 6.08 Å². The molecule has 0 atom stereocenters. The summed E-state index contributed by atoms with van der Waals surface area (Å²) in [7, 11) is 0. The quantitative estimate of drug-likeness (QED) is 0.143. The Bertz CT molecular complexity index is 1400. The molecule has 0 heterocycles. The molecule has 44 heavy (non-hydrogen) atoms. The summed E-state index contributed by atoms with van der Waals surface area (Å²) in [6.45, 7) is 20.3. The van der Waals surface area contributed by atoms with Crippen molar-refractivity contribution in [2.24, 2.45) is 0 Å². The van der Waals surface area contributed by atoms with Crippen molar-refractivity contribution in [3.63, 3.8) is 0 Å². The predicted molar refractivity (Wildman–Crippen MR) is 189 cm³/mol. The van der Waals surface area contributed by atoms with E-state index in [2.05, 4.69) is 115 Å². The summed E-state index contributed by atoms with van der Waals surface area (Å²) in [5.74, 6) is 0. The predicted octanol–water partition coefficient (Wildman–Crippen LogP) is 11.5. The zero-order valence-corrected chi connectivity index (χ0v) is 31.3. The van der Waals surface area contributed by atoms with Crippen LogP contribution in [0.1, 0.15) is 86.9 Å². The van der Waals surface area contributed by atoms with Gasteiger partial charge in [-0.2, -0.15) is 102 Å². The van der Waals surface area contributed by atoms with Gasteiger partial charge in [0.05, 0.1) is 0 Å². The van der Waals surface area contributed by atoms with Crippen LogP contribution in [0.2, 0.25) is 5.02 Å². The second-order valence-corrected chi connectivity index (χ2v) is 13.4. The van der Waals surface area contributed by atoms with Crippen LogP contribution in [0.25, 0.3) is 11.1 Å². The normalized spacial score (nSPS) is 12.1. The minimum atomic E-state index is 0.163. The number of benzene rings is 4. The molecular formula is C42H47ClZr-4. The van der Waals surface area contributed by atoms with Gasteiger partial charge in [0.2, 0.25) is 0 Å². The van der Waals surface area contributed by atoms with Gasteiger partial charge in [-0.25, -0.2) is 12.2 Å². The van der Waals surface area contributed by atoms with E-state index >= 15 is 0 Å². The van der Waals surface area contributed by atoms with Crippen LogP contribution in [-0.4, -0.2) is 4.21 Å². The molecule has 4 aromatic rings. The van der Waals surface area contributed by atoms with E-state index in [0.29, 0.717) is 0 Å². The van der Waals surface area contributed by atoms with E-state index in [1.165, 1.54) is 74.3 Å². The van der Waals surface area contributed by atoms with E-state index < -0.39 is 0 Å². The van der Waals surface area contributed by atoms with Gasteiger partial charge in [0.25, 0.3) is 0 Å². The first-order valence-electron chi connectivity index (χ1n) is 15.1. The van der Waals surface area contributed by atoms with E-state index in [4.69, 9.17) is 11.6 Å². The molecule has 4 aromatic carbocycles. The van der Waals surface area contributed by atoms with Crippen LogP contribution >= 0.6 is 11.6 Å². The molecule has 0 aliphatic heterocycles. The minimum absolute atomic E-state index is 0.163. The fraction of sp³-hybridized carbons (Fsp3) is 0.310. The Balaban J connectivity index is 0.000000258. The fourth-order valence-electron chi connectivity index (χ4n) is 5.20. The van der Waals surface area contributed by atoms with Crippen molar-refractivity contribution < 1.29 is 24.2 Å². The van der Waals surface area contributed by atoms with E-state index in [9.17, 15) is 0 Å². The van der Waals surface area contributed by atoms with Gasteiger partial charge in [0, 0.05) is 0 Å². The van der Waals surface area contributed by atoms with Crippen LogP contribution in [0, 0.1) is 45.0 Å². The third-order valence-corrected chi connectivity index (χ3v) is 7.45. The summed E-state index contributed by atoms with van der Waals surface area (Å²) < 4.78 is 3.34. The van der Waals surface area contributed by atoms with Gasteiger partial charge in [-0.1, -0.05) is 83.5 Å². The average Bonchev–Trinajstić information content (AvgIpc) is 3.65. The molecule has 0 nitrogen and oxygen atoms in total. The Morgan fingerprint density at radius 1 is 0.795 bits per heavy atom. The summed E-state index contributed by atoms with van der Waals surface area (Å²) in [5, 5.41) is 0.738. The Morgan fingerprint density at radius 2 is 1.43 bits per heavy atom. The molecule has 0 bridgehead atoms. The molecule has 0 fully saturated rings. The number of hydrogen-bond donors (Lipinski definition) is 0. The number of allylic oxidation sites excluding steroid dienone is 4. The summed E-state index contributed by atoms with van der Waals surface area (Å²) in [6.07, 6.45) is 11.0. The van der Waals surface area contributed by atoms with Crippen LogP contribution in [0.3, 0.4) is 0 Å². The zero-order valence-electron chi connectivity index (χ0n) is 28.1. The summed E-state index contributed by atoms with van der Waals surface area (Å²) in [4.78, 5) is 0. The van der Waals surface area contributed by atoms with Crippen molar-refractivity contribution in [2.45, 2.75) is 86.0 Å². The van der Waals surface area contributed by atoms with Crippen molar-refractivity contribution in [2.75, 3.05) is 0 Å².